The molecule has 2 aromatic heterocycles. The number of hydrogen-bond acceptors (Lipinski definition) is 6. The summed E-state index contributed by atoms with van der Waals surface area (Å²) in [5, 5.41) is 0.799. The number of fused-ring (bicyclic) bond motifs is 3. The van der Waals surface area contributed by atoms with Crippen LogP contribution in [0.4, 0.5) is 19.0 Å². The summed E-state index contributed by atoms with van der Waals surface area (Å²) >= 11 is 0. The van der Waals surface area contributed by atoms with Crippen LogP contribution < -0.4 is 5.73 Å². The summed E-state index contributed by atoms with van der Waals surface area (Å²) in [6.45, 7) is 4.62. The summed E-state index contributed by atoms with van der Waals surface area (Å²) < 4.78 is 50.2. The number of amides is 1. The molecule has 1 aromatic carbocycles. The zero-order valence-electron chi connectivity index (χ0n) is 18.6. The number of benzene rings is 1. The molecule has 0 spiro atoms. The van der Waals surface area contributed by atoms with Crippen LogP contribution >= 0.6 is 0 Å². The second kappa shape index (κ2) is 8.21. The zero-order valence-corrected chi connectivity index (χ0v) is 18.6. The van der Waals surface area contributed by atoms with Gasteiger partial charge in [0.15, 0.2) is 0 Å². The van der Waals surface area contributed by atoms with Gasteiger partial charge in [0.1, 0.15) is 11.5 Å². The third kappa shape index (κ3) is 3.76. The van der Waals surface area contributed by atoms with Crippen molar-refractivity contribution in [2.75, 3.05) is 18.9 Å². The van der Waals surface area contributed by atoms with Gasteiger partial charge in [0.05, 0.1) is 43.5 Å². The number of pyridine rings is 2. The van der Waals surface area contributed by atoms with Gasteiger partial charge in [-0.2, -0.15) is 13.2 Å². The highest BCUT2D eigenvalue weighted by Crippen LogP contribution is 2.39. The second-order valence-corrected chi connectivity index (χ2v) is 8.66. The van der Waals surface area contributed by atoms with Crippen LogP contribution in [0.3, 0.4) is 0 Å². The van der Waals surface area contributed by atoms with E-state index in [1.165, 1.54) is 6.07 Å². The Morgan fingerprint density at radius 2 is 1.97 bits per heavy atom. The van der Waals surface area contributed by atoms with Crippen LogP contribution in [-0.2, 0) is 22.3 Å². The molecule has 5 rings (SSSR count). The first-order chi connectivity index (χ1) is 16.1. The molecular weight excluding hydrogens is 449 g/mol. The van der Waals surface area contributed by atoms with E-state index in [1.807, 2.05) is 13.8 Å². The van der Waals surface area contributed by atoms with E-state index in [9.17, 15) is 18.0 Å². The maximum absolute atomic E-state index is 13.7. The molecule has 4 heterocycles. The topological polar surface area (TPSA) is 90.6 Å². The van der Waals surface area contributed by atoms with Crippen LogP contribution in [0.15, 0.2) is 36.5 Å². The Balaban J connectivity index is 1.52. The molecule has 0 bridgehead atoms. The molecule has 1 fully saturated rings. The number of halogens is 3. The van der Waals surface area contributed by atoms with Gasteiger partial charge in [0, 0.05) is 22.7 Å². The van der Waals surface area contributed by atoms with Crippen LogP contribution in [0.25, 0.3) is 10.9 Å². The average Bonchev–Trinajstić information content (AvgIpc) is 3.20. The minimum atomic E-state index is -4.53. The van der Waals surface area contributed by atoms with Crippen molar-refractivity contribution in [3.8, 4) is 0 Å². The summed E-state index contributed by atoms with van der Waals surface area (Å²) in [6, 6.07) is 6.64. The maximum atomic E-state index is 13.7. The second-order valence-electron chi connectivity index (χ2n) is 8.66. The molecule has 178 valence electrons. The average molecular weight is 472 g/mol. The van der Waals surface area contributed by atoms with Crippen molar-refractivity contribution in [3.05, 3.63) is 64.5 Å². The molecule has 2 aliphatic rings. The standard InChI is InChI=1S/C24H23F3N4O3/c1-12-9-33-11-19(15-4-6-20(29-8-15)24(25,26)27)31(12)23(32)14-3-5-18-16(7-14)17-10-34-13(2)21(17)22(28)30-18/h3-8,12-13,19H,9-11H2,1-2H3,(H2,28,30). The molecule has 10 heteroatoms. The van der Waals surface area contributed by atoms with Crippen LogP contribution in [0.1, 0.15) is 58.7 Å². The molecule has 3 atom stereocenters. The normalized spacial score (nSPS) is 22.7. The molecule has 2 N–H and O–H groups in total. The predicted molar refractivity (Wildman–Crippen MR) is 118 cm³/mol. The summed E-state index contributed by atoms with van der Waals surface area (Å²) in [5.41, 5.74) is 8.49. The Morgan fingerprint density at radius 1 is 1.18 bits per heavy atom. The number of aromatic nitrogens is 2. The van der Waals surface area contributed by atoms with Crippen molar-refractivity contribution >= 4 is 22.6 Å². The Bertz CT molecular complexity index is 1260. The quantitative estimate of drug-likeness (QED) is 0.594. The highest BCUT2D eigenvalue weighted by atomic mass is 19.4. The number of nitrogen functional groups attached to an aromatic ring is 1. The fourth-order valence-corrected chi connectivity index (χ4v) is 4.73. The number of ether oxygens (including phenoxy) is 2. The molecule has 3 aromatic rings. The number of alkyl halides is 3. The van der Waals surface area contributed by atoms with E-state index < -0.39 is 17.9 Å². The maximum Gasteiger partial charge on any atom is 0.433 e. The molecule has 7 nitrogen and oxygen atoms in total. The van der Waals surface area contributed by atoms with Gasteiger partial charge in [-0.1, -0.05) is 6.07 Å². The molecule has 0 aliphatic carbocycles. The lowest BCUT2D eigenvalue weighted by Crippen LogP contribution is -2.49. The molecule has 1 amide bonds. The lowest BCUT2D eigenvalue weighted by molar-refractivity contribution is -0.141. The van der Waals surface area contributed by atoms with Gasteiger partial charge in [-0.3, -0.25) is 9.78 Å². The van der Waals surface area contributed by atoms with Crippen molar-refractivity contribution < 1.29 is 27.4 Å². The number of carbonyl (C=O) groups is 1. The minimum absolute atomic E-state index is 0.162. The van der Waals surface area contributed by atoms with Gasteiger partial charge in [0.25, 0.3) is 5.91 Å². The molecule has 1 saturated heterocycles. The molecule has 0 radical (unpaired) electrons. The SMILES string of the molecule is CC1OCc2c1c(N)nc1ccc(C(=O)N3C(C)COCC3c3ccc(C(F)(F)F)nc3)cc21. The third-order valence-electron chi connectivity index (χ3n) is 6.44. The van der Waals surface area contributed by atoms with Gasteiger partial charge in [-0.05, 0) is 49.2 Å². The van der Waals surface area contributed by atoms with E-state index in [-0.39, 0.29) is 24.7 Å². The number of morpholine rings is 1. The Labute approximate surface area is 193 Å². The molecular formula is C24H23F3N4O3. The summed E-state index contributed by atoms with van der Waals surface area (Å²) in [7, 11) is 0. The Kier molecular flexibility index (Phi) is 5.44. The number of rotatable bonds is 2. The highest BCUT2D eigenvalue weighted by Gasteiger charge is 2.36. The zero-order chi connectivity index (χ0) is 24.2. The Morgan fingerprint density at radius 3 is 2.68 bits per heavy atom. The molecule has 3 unspecified atom stereocenters. The summed E-state index contributed by atoms with van der Waals surface area (Å²) in [5.74, 6) is 0.170. The van der Waals surface area contributed by atoms with E-state index in [0.717, 1.165) is 28.8 Å². The molecule has 2 aliphatic heterocycles. The van der Waals surface area contributed by atoms with Gasteiger partial charge in [-0.15, -0.1) is 0 Å². The summed E-state index contributed by atoms with van der Waals surface area (Å²) in [6.07, 6.45) is -3.55. The van der Waals surface area contributed by atoms with Crippen LogP contribution in [0.2, 0.25) is 0 Å². The fourth-order valence-electron chi connectivity index (χ4n) is 4.73. The Hall–Kier alpha value is -3.24. The van der Waals surface area contributed by atoms with Gasteiger partial charge < -0.3 is 20.1 Å². The largest absolute Gasteiger partial charge is 0.433 e. The van der Waals surface area contributed by atoms with Crippen LogP contribution in [0, 0.1) is 0 Å². The first kappa shape index (κ1) is 22.5. The van der Waals surface area contributed by atoms with E-state index in [0.29, 0.717) is 35.7 Å². The highest BCUT2D eigenvalue weighted by molar-refractivity contribution is 5.99. The molecule has 0 saturated carbocycles. The van der Waals surface area contributed by atoms with Crippen LogP contribution in [-0.4, -0.2) is 40.0 Å². The van der Waals surface area contributed by atoms with Crippen molar-refractivity contribution in [2.45, 2.75) is 44.8 Å². The van der Waals surface area contributed by atoms with Crippen molar-refractivity contribution in [1.82, 2.24) is 14.9 Å². The van der Waals surface area contributed by atoms with Gasteiger partial charge >= 0.3 is 6.18 Å². The number of nitrogens with two attached hydrogens (primary N) is 1. The first-order valence-electron chi connectivity index (χ1n) is 10.9. The fraction of sp³-hybridized carbons (Fsp3) is 0.375. The van der Waals surface area contributed by atoms with Gasteiger partial charge in [-0.25, -0.2) is 4.98 Å². The number of nitrogens with zero attached hydrogens (tertiary/aromatic N) is 3. The summed E-state index contributed by atoms with van der Waals surface area (Å²) in [4.78, 5) is 23.4. The van der Waals surface area contributed by atoms with E-state index in [2.05, 4.69) is 9.97 Å². The number of anilines is 1. The third-order valence-corrected chi connectivity index (χ3v) is 6.44. The van der Waals surface area contributed by atoms with Crippen LogP contribution in [0.5, 0.6) is 0 Å². The predicted octanol–water partition coefficient (Wildman–Crippen LogP) is 4.42. The van der Waals surface area contributed by atoms with E-state index >= 15 is 0 Å². The lowest BCUT2D eigenvalue weighted by Gasteiger charge is -2.40. The number of hydrogen-bond donors (Lipinski definition) is 1. The first-order valence-corrected chi connectivity index (χ1v) is 10.9. The van der Waals surface area contributed by atoms with Crippen molar-refractivity contribution in [1.29, 1.82) is 0 Å². The monoisotopic (exact) mass is 472 g/mol. The smallest absolute Gasteiger partial charge is 0.383 e. The number of carbonyl (C=O) groups excluding carboxylic acids is 1. The molecule has 34 heavy (non-hydrogen) atoms. The van der Waals surface area contributed by atoms with E-state index in [4.69, 9.17) is 15.2 Å². The van der Waals surface area contributed by atoms with Gasteiger partial charge in [0.2, 0.25) is 0 Å². The van der Waals surface area contributed by atoms with Crippen molar-refractivity contribution in [3.63, 3.8) is 0 Å². The minimum Gasteiger partial charge on any atom is -0.383 e. The lowest BCUT2D eigenvalue weighted by atomic mass is 9.98. The van der Waals surface area contributed by atoms with Crippen molar-refractivity contribution in [2.24, 2.45) is 0 Å². The van der Waals surface area contributed by atoms with E-state index in [1.54, 1.807) is 23.1 Å².